The normalized spacial score (nSPS) is 10.4. The van der Waals surface area contributed by atoms with Crippen LogP contribution >= 0.6 is 0 Å². The Balaban J connectivity index is 2.48. The Labute approximate surface area is 109 Å². The van der Waals surface area contributed by atoms with Gasteiger partial charge in [0, 0.05) is 24.5 Å². The van der Waals surface area contributed by atoms with Gasteiger partial charge in [-0.3, -0.25) is 0 Å². The molecule has 0 aromatic heterocycles. The average Bonchev–Trinajstić information content (AvgIpc) is 2.41. The fourth-order valence-corrected chi connectivity index (χ4v) is 2.20. The van der Waals surface area contributed by atoms with Gasteiger partial charge in [0.1, 0.15) is 0 Å². The van der Waals surface area contributed by atoms with Crippen molar-refractivity contribution in [2.45, 2.75) is 20.4 Å². The Morgan fingerprint density at radius 1 is 1.06 bits per heavy atom. The number of nitrogens with two attached hydrogens (primary N) is 1. The molecule has 2 aromatic carbocycles. The highest BCUT2D eigenvalue weighted by atomic mass is 15.1. The van der Waals surface area contributed by atoms with Crippen molar-refractivity contribution < 1.29 is 0 Å². The van der Waals surface area contributed by atoms with Gasteiger partial charge in [0.25, 0.3) is 0 Å². The molecule has 0 aliphatic rings. The molecule has 0 radical (unpaired) electrons. The maximum atomic E-state index is 5.84. The molecule has 0 unspecified atom stereocenters. The number of anilines is 2. The lowest BCUT2D eigenvalue weighted by Gasteiger charge is -2.26. The molecule has 2 heteroatoms. The molecule has 94 valence electrons. The first-order valence-electron chi connectivity index (χ1n) is 6.38. The van der Waals surface area contributed by atoms with Gasteiger partial charge in [-0.1, -0.05) is 30.3 Å². The molecular weight excluding hydrogens is 220 g/mol. The minimum atomic E-state index is 0.568. The Morgan fingerprint density at radius 3 is 2.39 bits per heavy atom. The summed E-state index contributed by atoms with van der Waals surface area (Å²) in [7, 11) is 0. The smallest absolute Gasteiger partial charge is 0.0458 e. The third-order valence-electron chi connectivity index (χ3n) is 3.14. The number of para-hydroxylation sites is 1. The lowest BCUT2D eigenvalue weighted by Crippen LogP contribution is -2.18. The van der Waals surface area contributed by atoms with Crippen LogP contribution in [-0.4, -0.2) is 6.54 Å². The second kappa shape index (κ2) is 5.69. The van der Waals surface area contributed by atoms with Crippen LogP contribution < -0.4 is 10.6 Å². The van der Waals surface area contributed by atoms with Crippen molar-refractivity contribution in [3.63, 3.8) is 0 Å². The molecule has 2 aromatic rings. The van der Waals surface area contributed by atoms with E-state index >= 15 is 0 Å². The van der Waals surface area contributed by atoms with Gasteiger partial charge in [0.05, 0.1) is 0 Å². The van der Waals surface area contributed by atoms with E-state index in [1.807, 2.05) is 6.07 Å². The zero-order chi connectivity index (χ0) is 13.0. The highest BCUT2D eigenvalue weighted by molar-refractivity contribution is 5.67. The Bertz CT molecular complexity index is 506. The van der Waals surface area contributed by atoms with Crippen LogP contribution in [0.5, 0.6) is 0 Å². The van der Waals surface area contributed by atoms with E-state index in [9.17, 15) is 0 Å². The minimum Gasteiger partial charge on any atom is -0.341 e. The summed E-state index contributed by atoms with van der Waals surface area (Å²) in [5.74, 6) is 0. The van der Waals surface area contributed by atoms with E-state index in [0.29, 0.717) is 6.54 Å². The highest BCUT2D eigenvalue weighted by Crippen LogP contribution is 2.29. The molecule has 2 N–H and O–H groups in total. The maximum Gasteiger partial charge on any atom is 0.0458 e. The monoisotopic (exact) mass is 240 g/mol. The topological polar surface area (TPSA) is 29.3 Å². The Morgan fingerprint density at radius 2 is 1.78 bits per heavy atom. The largest absolute Gasteiger partial charge is 0.341 e. The molecule has 0 heterocycles. The summed E-state index contributed by atoms with van der Waals surface area (Å²) in [4.78, 5) is 2.30. The molecule has 0 fully saturated rings. The van der Waals surface area contributed by atoms with Crippen LogP contribution in [0.3, 0.4) is 0 Å². The molecule has 0 saturated carbocycles. The fourth-order valence-electron chi connectivity index (χ4n) is 2.20. The van der Waals surface area contributed by atoms with Gasteiger partial charge in [0.2, 0.25) is 0 Å². The van der Waals surface area contributed by atoms with E-state index in [-0.39, 0.29) is 0 Å². The molecule has 2 rings (SSSR count). The lowest BCUT2D eigenvalue weighted by molar-refractivity contribution is 0.981. The number of aryl methyl sites for hydroxylation is 1. The Kier molecular flexibility index (Phi) is 4.00. The summed E-state index contributed by atoms with van der Waals surface area (Å²) in [6.07, 6.45) is 0. The first kappa shape index (κ1) is 12.7. The number of rotatable bonds is 4. The van der Waals surface area contributed by atoms with Gasteiger partial charge >= 0.3 is 0 Å². The SMILES string of the molecule is CCN(c1ccccc1)c1cc(C)ccc1CN. The van der Waals surface area contributed by atoms with Gasteiger partial charge in [-0.2, -0.15) is 0 Å². The van der Waals surface area contributed by atoms with Crippen LogP contribution in [0.2, 0.25) is 0 Å². The van der Waals surface area contributed by atoms with E-state index in [1.165, 1.54) is 22.5 Å². The second-order valence-electron chi connectivity index (χ2n) is 4.42. The minimum absolute atomic E-state index is 0.568. The zero-order valence-corrected chi connectivity index (χ0v) is 11.1. The van der Waals surface area contributed by atoms with Crippen molar-refractivity contribution in [1.29, 1.82) is 0 Å². The summed E-state index contributed by atoms with van der Waals surface area (Å²) in [6.45, 7) is 5.78. The third-order valence-corrected chi connectivity index (χ3v) is 3.14. The summed E-state index contributed by atoms with van der Waals surface area (Å²) < 4.78 is 0. The number of nitrogens with zero attached hydrogens (tertiary/aromatic N) is 1. The molecule has 0 amide bonds. The Hall–Kier alpha value is -1.80. The van der Waals surface area contributed by atoms with Crippen molar-refractivity contribution in [2.24, 2.45) is 5.73 Å². The van der Waals surface area contributed by atoms with Crippen molar-refractivity contribution in [3.05, 3.63) is 59.7 Å². The summed E-state index contributed by atoms with van der Waals surface area (Å²) in [5.41, 5.74) is 10.7. The van der Waals surface area contributed by atoms with Crippen LogP contribution in [0.25, 0.3) is 0 Å². The standard InChI is InChI=1S/C16H20N2/c1-3-18(15-7-5-4-6-8-15)16-11-13(2)9-10-14(16)12-17/h4-11H,3,12,17H2,1-2H3. The van der Waals surface area contributed by atoms with Gasteiger partial charge in [0.15, 0.2) is 0 Å². The number of hydrogen-bond donors (Lipinski definition) is 1. The summed E-state index contributed by atoms with van der Waals surface area (Å²) in [5, 5.41) is 0. The quantitative estimate of drug-likeness (QED) is 0.884. The first-order chi connectivity index (χ1) is 8.76. The van der Waals surface area contributed by atoms with Gasteiger partial charge in [-0.15, -0.1) is 0 Å². The molecule has 0 atom stereocenters. The van der Waals surface area contributed by atoms with Crippen molar-refractivity contribution in [1.82, 2.24) is 0 Å². The molecule has 0 aliphatic heterocycles. The van der Waals surface area contributed by atoms with Crippen LogP contribution in [-0.2, 0) is 6.54 Å². The summed E-state index contributed by atoms with van der Waals surface area (Å²) in [6, 6.07) is 16.9. The van der Waals surface area contributed by atoms with Crippen molar-refractivity contribution >= 4 is 11.4 Å². The van der Waals surface area contributed by atoms with Crippen LogP contribution in [0.15, 0.2) is 48.5 Å². The molecule has 0 bridgehead atoms. The number of benzene rings is 2. The predicted octanol–water partition coefficient (Wildman–Crippen LogP) is 3.61. The van der Waals surface area contributed by atoms with Crippen LogP contribution in [0, 0.1) is 6.92 Å². The molecule has 18 heavy (non-hydrogen) atoms. The second-order valence-corrected chi connectivity index (χ2v) is 4.42. The first-order valence-corrected chi connectivity index (χ1v) is 6.38. The fraction of sp³-hybridized carbons (Fsp3) is 0.250. The van der Waals surface area contributed by atoms with E-state index in [1.54, 1.807) is 0 Å². The zero-order valence-electron chi connectivity index (χ0n) is 11.1. The summed E-state index contributed by atoms with van der Waals surface area (Å²) >= 11 is 0. The van der Waals surface area contributed by atoms with E-state index in [2.05, 4.69) is 61.2 Å². The van der Waals surface area contributed by atoms with Crippen LogP contribution in [0.4, 0.5) is 11.4 Å². The predicted molar refractivity (Wildman–Crippen MR) is 78.2 cm³/mol. The average molecular weight is 240 g/mol. The third kappa shape index (κ3) is 2.54. The van der Waals surface area contributed by atoms with Gasteiger partial charge in [-0.25, -0.2) is 0 Å². The van der Waals surface area contributed by atoms with Crippen LogP contribution in [0.1, 0.15) is 18.1 Å². The molecule has 0 spiro atoms. The van der Waals surface area contributed by atoms with E-state index < -0.39 is 0 Å². The van der Waals surface area contributed by atoms with Gasteiger partial charge in [-0.05, 0) is 43.2 Å². The van der Waals surface area contributed by atoms with E-state index in [0.717, 1.165) is 6.54 Å². The molecule has 2 nitrogen and oxygen atoms in total. The highest BCUT2D eigenvalue weighted by Gasteiger charge is 2.10. The molecule has 0 aliphatic carbocycles. The number of hydrogen-bond acceptors (Lipinski definition) is 2. The molecule has 0 saturated heterocycles. The molecular formula is C16H20N2. The van der Waals surface area contributed by atoms with E-state index in [4.69, 9.17) is 5.73 Å². The van der Waals surface area contributed by atoms with Crippen molar-refractivity contribution in [3.8, 4) is 0 Å². The lowest BCUT2D eigenvalue weighted by atomic mass is 10.1. The van der Waals surface area contributed by atoms with Crippen molar-refractivity contribution in [2.75, 3.05) is 11.4 Å². The maximum absolute atomic E-state index is 5.84. The van der Waals surface area contributed by atoms with Gasteiger partial charge < -0.3 is 10.6 Å².